The molecule has 2 aromatic heterocycles. The van der Waals surface area contributed by atoms with E-state index in [1.807, 2.05) is 44.4 Å². The highest BCUT2D eigenvalue weighted by molar-refractivity contribution is 7.14. The highest BCUT2D eigenvalue weighted by Crippen LogP contribution is 2.33. The number of amides is 1. The molecule has 0 saturated carbocycles. The normalized spacial score (nSPS) is 16.5. The molecule has 1 atom stereocenters. The molecule has 29 heavy (non-hydrogen) atoms. The molecule has 150 valence electrons. The number of carbonyl (C=O) groups excluding carboxylic acids is 1. The average Bonchev–Trinajstić information content (AvgIpc) is 3.38. The minimum Gasteiger partial charge on any atom is -0.376 e. The molecule has 3 rings (SSSR count). The van der Waals surface area contributed by atoms with Gasteiger partial charge in [0.25, 0.3) is 5.91 Å². The lowest BCUT2D eigenvalue weighted by atomic mass is 10.1. The molecular weight excluding hydrogens is 384 g/mol. The van der Waals surface area contributed by atoms with Crippen LogP contribution >= 0.6 is 11.3 Å². The molecule has 0 unspecified atom stereocenters. The van der Waals surface area contributed by atoms with Gasteiger partial charge in [0.2, 0.25) is 0 Å². The summed E-state index contributed by atoms with van der Waals surface area (Å²) >= 11 is 1.58. The number of thiophene rings is 1. The minimum atomic E-state index is -0.395. The second kappa shape index (κ2) is 8.65. The molecule has 1 aliphatic heterocycles. The van der Waals surface area contributed by atoms with Crippen molar-refractivity contribution in [3.05, 3.63) is 44.6 Å². The molecule has 1 N–H and O–H groups in total. The van der Waals surface area contributed by atoms with Crippen LogP contribution in [0.25, 0.3) is 11.1 Å². The van der Waals surface area contributed by atoms with Crippen LogP contribution in [0.3, 0.4) is 0 Å². The second-order valence-electron chi connectivity index (χ2n) is 7.25. The van der Waals surface area contributed by atoms with Crippen molar-refractivity contribution in [3.8, 4) is 17.1 Å². The van der Waals surface area contributed by atoms with Gasteiger partial charge in [-0.2, -0.15) is 10.5 Å². The van der Waals surface area contributed by atoms with Crippen molar-refractivity contribution in [2.24, 2.45) is 0 Å². The first-order chi connectivity index (χ1) is 13.9. The monoisotopic (exact) mass is 408 g/mol. The third kappa shape index (κ3) is 4.12. The van der Waals surface area contributed by atoms with Crippen LogP contribution in [0.1, 0.15) is 45.8 Å². The Bertz CT molecular complexity index is 1060. The van der Waals surface area contributed by atoms with E-state index in [1.165, 1.54) is 0 Å². The maximum absolute atomic E-state index is 12.5. The third-order valence-corrected chi connectivity index (χ3v) is 6.52. The first kappa shape index (κ1) is 20.9. The Morgan fingerprint density at radius 2 is 2.14 bits per heavy atom. The van der Waals surface area contributed by atoms with Gasteiger partial charge in [-0.05, 0) is 63.8 Å². The topological polar surface area (TPSA) is 90.8 Å². The molecule has 0 radical (unpaired) electrons. The van der Waals surface area contributed by atoms with Gasteiger partial charge in [0.15, 0.2) is 0 Å². The fourth-order valence-electron chi connectivity index (χ4n) is 3.56. The number of aryl methyl sites for hydroxylation is 2. The summed E-state index contributed by atoms with van der Waals surface area (Å²) in [6.07, 6.45) is 3.57. The zero-order valence-electron chi connectivity index (χ0n) is 17.1. The minimum absolute atomic E-state index is 0.0265. The summed E-state index contributed by atoms with van der Waals surface area (Å²) < 4.78 is 7.53. The number of ether oxygens (including phenoxy) is 1. The SMILES string of the molecule is Cc1sc(-n2c(C)cc(/C=C(\C#N)C(=O)NC[C@H]3CCCO3)c2C)c(C#N)c1C. The largest absolute Gasteiger partial charge is 0.376 e. The van der Waals surface area contributed by atoms with Crippen molar-refractivity contribution in [1.29, 1.82) is 10.5 Å². The van der Waals surface area contributed by atoms with E-state index in [2.05, 4.69) is 11.4 Å². The van der Waals surface area contributed by atoms with Gasteiger partial charge in [-0.1, -0.05) is 0 Å². The van der Waals surface area contributed by atoms with Gasteiger partial charge in [0.05, 0.1) is 11.7 Å². The van der Waals surface area contributed by atoms with Crippen molar-refractivity contribution >= 4 is 23.3 Å². The Morgan fingerprint density at radius 1 is 1.38 bits per heavy atom. The second-order valence-corrected chi connectivity index (χ2v) is 8.46. The van der Waals surface area contributed by atoms with Crippen LogP contribution in [0.4, 0.5) is 0 Å². The van der Waals surface area contributed by atoms with Gasteiger partial charge in [-0.3, -0.25) is 4.79 Å². The van der Waals surface area contributed by atoms with Crippen molar-refractivity contribution < 1.29 is 9.53 Å². The number of hydrogen-bond donors (Lipinski definition) is 1. The predicted molar refractivity (Wildman–Crippen MR) is 113 cm³/mol. The Kier molecular flexibility index (Phi) is 6.22. The predicted octanol–water partition coefficient (Wildman–Crippen LogP) is 3.85. The molecule has 0 aromatic carbocycles. The first-order valence-corrected chi connectivity index (χ1v) is 10.4. The number of nitrogens with zero attached hydrogens (tertiary/aromatic N) is 3. The van der Waals surface area contributed by atoms with E-state index in [1.54, 1.807) is 17.4 Å². The third-order valence-electron chi connectivity index (χ3n) is 5.33. The Labute approximate surface area is 175 Å². The van der Waals surface area contributed by atoms with Crippen LogP contribution in [0.2, 0.25) is 0 Å². The molecule has 1 fully saturated rings. The maximum atomic E-state index is 12.5. The van der Waals surface area contributed by atoms with E-state index >= 15 is 0 Å². The Balaban J connectivity index is 1.90. The first-order valence-electron chi connectivity index (χ1n) is 9.58. The molecule has 1 aliphatic rings. The highest BCUT2D eigenvalue weighted by atomic mass is 32.1. The number of aromatic nitrogens is 1. The van der Waals surface area contributed by atoms with E-state index in [0.29, 0.717) is 12.1 Å². The van der Waals surface area contributed by atoms with Gasteiger partial charge in [0.1, 0.15) is 22.7 Å². The molecule has 1 amide bonds. The molecule has 1 saturated heterocycles. The zero-order chi connectivity index (χ0) is 21.1. The van der Waals surface area contributed by atoms with E-state index in [0.717, 1.165) is 51.8 Å². The lowest BCUT2D eigenvalue weighted by molar-refractivity contribution is -0.117. The molecule has 0 bridgehead atoms. The molecule has 0 aliphatic carbocycles. The molecule has 7 heteroatoms. The van der Waals surface area contributed by atoms with Crippen LogP contribution in [-0.2, 0) is 9.53 Å². The highest BCUT2D eigenvalue weighted by Gasteiger charge is 2.20. The smallest absolute Gasteiger partial charge is 0.262 e. The molecule has 6 nitrogen and oxygen atoms in total. The number of carbonyl (C=O) groups is 1. The standard InChI is InChI=1S/C22H24N4O2S/c1-13-8-17(9-18(10-23)21(27)25-12-19-6-5-7-28-19)15(3)26(13)22-20(11-24)14(2)16(4)29-22/h8-9,19H,5-7,12H2,1-4H3,(H,25,27)/b18-9+/t19-/m1/s1. The van der Waals surface area contributed by atoms with E-state index in [-0.39, 0.29) is 11.7 Å². The van der Waals surface area contributed by atoms with Crippen molar-refractivity contribution in [3.63, 3.8) is 0 Å². The Hall–Kier alpha value is -2.87. The molecule has 2 aromatic rings. The average molecular weight is 409 g/mol. The van der Waals surface area contributed by atoms with Gasteiger partial charge in [0, 0.05) is 29.4 Å². The van der Waals surface area contributed by atoms with Crippen LogP contribution in [0.15, 0.2) is 11.6 Å². The number of nitriles is 2. The van der Waals surface area contributed by atoms with Crippen molar-refractivity contribution in [2.45, 2.75) is 46.6 Å². The van der Waals surface area contributed by atoms with Crippen molar-refractivity contribution in [2.75, 3.05) is 13.2 Å². The lowest BCUT2D eigenvalue weighted by Crippen LogP contribution is -2.32. The molecule has 3 heterocycles. The lowest BCUT2D eigenvalue weighted by Gasteiger charge is -2.10. The maximum Gasteiger partial charge on any atom is 0.262 e. The van der Waals surface area contributed by atoms with Crippen LogP contribution < -0.4 is 5.32 Å². The number of nitrogens with one attached hydrogen (secondary N) is 1. The summed E-state index contributed by atoms with van der Waals surface area (Å²) in [6, 6.07) is 6.25. The number of rotatable bonds is 5. The van der Waals surface area contributed by atoms with Gasteiger partial charge in [-0.15, -0.1) is 11.3 Å². The van der Waals surface area contributed by atoms with E-state index in [4.69, 9.17) is 4.74 Å². The summed E-state index contributed by atoms with van der Waals surface area (Å²) in [5.74, 6) is -0.395. The summed E-state index contributed by atoms with van der Waals surface area (Å²) in [7, 11) is 0. The Morgan fingerprint density at radius 3 is 2.76 bits per heavy atom. The van der Waals surface area contributed by atoms with Gasteiger partial charge >= 0.3 is 0 Å². The van der Waals surface area contributed by atoms with Gasteiger partial charge in [-0.25, -0.2) is 0 Å². The number of hydrogen-bond acceptors (Lipinski definition) is 5. The van der Waals surface area contributed by atoms with Crippen LogP contribution in [-0.4, -0.2) is 29.7 Å². The molecular formula is C22H24N4O2S. The fourth-order valence-corrected chi connectivity index (χ4v) is 4.77. The van der Waals surface area contributed by atoms with E-state index < -0.39 is 5.91 Å². The molecule has 0 spiro atoms. The van der Waals surface area contributed by atoms with Gasteiger partial charge < -0.3 is 14.6 Å². The van der Waals surface area contributed by atoms with Crippen LogP contribution in [0, 0.1) is 50.4 Å². The van der Waals surface area contributed by atoms with E-state index in [9.17, 15) is 15.3 Å². The summed E-state index contributed by atoms with van der Waals surface area (Å²) in [4.78, 5) is 13.6. The summed E-state index contributed by atoms with van der Waals surface area (Å²) in [5, 5.41) is 22.8. The van der Waals surface area contributed by atoms with Crippen LogP contribution in [0.5, 0.6) is 0 Å². The quantitative estimate of drug-likeness (QED) is 0.601. The zero-order valence-corrected chi connectivity index (χ0v) is 17.9. The summed E-state index contributed by atoms with van der Waals surface area (Å²) in [5.41, 5.74) is 4.34. The fraction of sp³-hybridized carbons (Fsp3) is 0.409. The van der Waals surface area contributed by atoms with Crippen molar-refractivity contribution in [1.82, 2.24) is 9.88 Å². The summed E-state index contributed by atoms with van der Waals surface area (Å²) in [6.45, 7) is 8.99.